The Labute approximate surface area is 285 Å². The van der Waals surface area contributed by atoms with Gasteiger partial charge in [0.15, 0.2) is 0 Å². The summed E-state index contributed by atoms with van der Waals surface area (Å²) < 4.78 is 21.0. The summed E-state index contributed by atoms with van der Waals surface area (Å²) in [5, 5.41) is 1.08. The fourth-order valence-electron chi connectivity index (χ4n) is 5.38. The van der Waals surface area contributed by atoms with Crippen LogP contribution in [0.4, 0.5) is 0 Å². The molecule has 0 aromatic carbocycles. The van der Waals surface area contributed by atoms with Crippen LogP contribution in [0.5, 0.6) is 0 Å². The molecule has 0 bridgehead atoms. The third-order valence-electron chi connectivity index (χ3n) is 8.15. The molecule has 0 rings (SSSR count). The summed E-state index contributed by atoms with van der Waals surface area (Å²) in [5.41, 5.74) is 0. The molecule has 0 heterocycles. The maximum Gasteiger partial charge on any atom is 0.501 e. The molecule has 0 spiro atoms. The molecule has 3 atom stereocenters. The summed E-state index contributed by atoms with van der Waals surface area (Å²) in [5.74, 6) is 0. The first kappa shape index (κ1) is 43.8. The van der Waals surface area contributed by atoms with Crippen LogP contribution in [-0.2, 0) is 13.3 Å². The molecule has 0 aliphatic rings. The van der Waals surface area contributed by atoms with Gasteiger partial charge >= 0.3 is 8.80 Å². The van der Waals surface area contributed by atoms with E-state index in [0.717, 1.165) is 56.3 Å². The van der Waals surface area contributed by atoms with Gasteiger partial charge < -0.3 is 13.3 Å². The van der Waals surface area contributed by atoms with Gasteiger partial charge in [0.05, 0.1) is 0 Å². The first-order valence-electron chi connectivity index (χ1n) is 19.0. The van der Waals surface area contributed by atoms with Crippen LogP contribution in [0.15, 0.2) is 36.5 Å². The Hall–Kier alpha value is -0.203. The van der Waals surface area contributed by atoms with Gasteiger partial charge in [0.2, 0.25) is 0 Å². The Morgan fingerprint density at radius 2 is 0.795 bits per heavy atom. The van der Waals surface area contributed by atoms with Crippen LogP contribution >= 0.6 is 15.9 Å². The minimum absolute atomic E-state index is 0.126. The number of rotatable bonds is 33. The van der Waals surface area contributed by atoms with Crippen molar-refractivity contribution in [3.63, 3.8) is 0 Å². The van der Waals surface area contributed by atoms with E-state index in [-0.39, 0.29) is 18.3 Å². The molecule has 260 valence electrons. The van der Waals surface area contributed by atoms with Gasteiger partial charge in [0, 0.05) is 29.7 Å². The number of allylic oxidation sites excluding steroid dienone is 6. The summed E-state index contributed by atoms with van der Waals surface area (Å²) in [4.78, 5) is 0. The summed E-state index contributed by atoms with van der Waals surface area (Å²) >= 11 is 3.60. The highest BCUT2D eigenvalue weighted by Crippen LogP contribution is 2.28. The van der Waals surface area contributed by atoms with Gasteiger partial charge in [-0.1, -0.05) is 125 Å². The molecular weight excluding hydrogens is 624 g/mol. The normalized spacial score (nSPS) is 14.8. The average Bonchev–Trinajstić information content (AvgIpc) is 2.99. The lowest BCUT2D eigenvalue weighted by molar-refractivity contribution is -0.0133. The summed E-state index contributed by atoms with van der Waals surface area (Å²) in [6, 6.07) is 0.918. The number of alkyl halides is 1. The van der Waals surface area contributed by atoms with Crippen LogP contribution < -0.4 is 0 Å². The summed E-state index contributed by atoms with van der Waals surface area (Å²) in [6.07, 6.45) is 40.8. The molecule has 0 saturated heterocycles. The summed E-state index contributed by atoms with van der Waals surface area (Å²) in [6.45, 7) is 13.5. The second-order valence-corrected chi connectivity index (χ2v) is 16.3. The smallest absolute Gasteiger partial charge is 0.371 e. The van der Waals surface area contributed by atoms with E-state index < -0.39 is 8.80 Å². The first-order chi connectivity index (χ1) is 21.4. The Bertz CT molecular complexity index is 601. The van der Waals surface area contributed by atoms with Gasteiger partial charge in [-0.25, -0.2) is 0 Å². The van der Waals surface area contributed by atoms with Crippen LogP contribution in [0, 0.1) is 0 Å². The topological polar surface area (TPSA) is 27.7 Å². The van der Waals surface area contributed by atoms with Crippen LogP contribution in [0.1, 0.15) is 183 Å². The van der Waals surface area contributed by atoms with Crippen LogP contribution in [0.25, 0.3) is 0 Å². The molecule has 0 saturated carbocycles. The molecule has 0 aliphatic carbocycles. The van der Waals surface area contributed by atoms with E-state index in [0.29, 0.717) is 0 Å². The summed E-state index contributed by atoms with van der Waals surface area (Å²) in [7, 11) is -2.89. The first-order valence-corrected chi connectivity index (χ1v) is 22.0. The zero-order valence-corrected chi connectivity index (χ0v) is 32.9. The van der Waals surface area contributed by atoms with Gasteiger partial charge in [-0.15, -0.1) is 0 Å². The molecule has 44 heavy (non-hydrogen) atoms. The van der Waals surface area contributed by atoms with Gasteiger partial charge in [-0.05, 0) is 111 Å². The SMILES string of the molecule is CCCCC/C=C\CC[C@H](C)O[Si](CCCCCCBr)(O[C@@H](C)CC/C=C\CCCCC)O[C@@H](C)CC/C=C\CCCCC. The molecule has 3 nitrogen and oxygen atoms in total. The lowest BCUT2D eigenvalue weighted by atomic mass is 10.1. The Morgan fingerprint density at radius 3 is 1.14 bits per heavy atom. The zero-order chi connectivity index (χ0) is 32.6. The zero-order valence-electron chi connectivity index (χ0n) is 30.3. The highest BCUT2D eigenvalue weighted by molar-refractivity contribution is 9.09. The highest BCUT2D eigenvalue weighted by Gasteiger charge is 2.44. The van der Waals surface area contributed by atoms with Crippen molar-refractivity contribution < 1.29 is 13.3 Å². The van der Waals surface area contributed by atoms with Crippen molar-refractivity contribution in [3.8, 4) is 0 Å². The molecule has 0 N–H and O–H groups in total. The van der Waals surface area contributed by atoms with Gasteiger partial charge in [-0.2, -0.15) is 0 Å². The molecule has 0 radical (unpaired) electrons. The average molecular weight is 700 g/mol. The van der Waals surface area contributed by atoms with Crippen molar-refractivity contribution in [1.82, 2.24) is 0 Å². The molecular formula is C39H75BrO3Si. The van der Waals surface area contributed by atoms with Crippen molar-refractivity contribution in [2.75, 3.05) is 5.33 Å². The van der Waals surface area contributed by atoms with Gasteiger partial charge in [-0.3, -0.25) is 0 Å². The molecule has 0 aromatic rings. The Balaban J connectivity index is 5.46. The molecule has 0 fully saturated rings. The van der Waals surface area contributed by atoms with Crippen molar-refractivity contribution in [1.29, 1.82) is 0 Å². The molecule has 0 amide bonds. The van der Waals surface area contributed by atoms with Gasteiger partial charge in [0.1, 0.15) is 0 Å². The highest BCUT2D eigenvalue weighted by atomic mass is 79.9. The second kappa shape index (κ2) is 32.7. The minimum atomic E-state index is -2.89. The van der Waals surface area contributed by atoms with E-state index in [1.165, 1.54) is 96.3 Å². The third-order valence-corrected chi connectivity index (χ3v) is 12.0. The van der Waals surface area contributed by atoms with E-state index in [9.17, 15) is 0 Å². The van der Waals surface area contributed by atoms with Crippen molar-refractivity contribution in [2.45, 2.75) is 207 Å². The fraction of sp³-hybridized carbons (Fsp3) is 0.846. The number of unbranched alkanes of at least 4 members (excludes halogenated alkanes) is 12. The number of halogens is 1. The van der Waals surface area contributed by atoms with E-state index in [2.05, 4.69) is 93.9 Å². The standard InChI is InChI=1S/C39H75BrO3Si/c1-7-10-13-16-19-22-27-32-37(4)41-44(36-31-26-25-30-35-40,42-38(5)33-28-23-20-17-14-11-8-2)43-39(6)34-29-24-21-18-15-12-9-3/h19-24,37-39H,7-18,25-36H2,1-6H3/b22-19-,23-20-,24-21-/t37-,38-,39-/m0/s1. The van der Waals surface area contributed by atoms with E-state index in [1.807, 2.05) is 0 Å². The van der Waals surface area contributed by atoms with Crippen LogP contribution in [-0.4, -0.2) is 32.4 Å². The monoisotopic (exact) mass is 698 g/mol. The second-order valence-electron chi connectivity index (χ2n) is 13.0. The number of hydrogen-bond acceptors (Lipinski definition) is 3. The third kappa shape index (κ3) is 28.1. The van der Waals surface area contributed by atoms with Crippen LogP contribution in [0.3, 0.4) is 0 Å². The molecule has 0 aliphatic heterocycles. The maximum absolute atomic E-state index is 6.99. The van der Waals surface area contributed by atoms with E-state index in [1.54, 1.807) is 0 Å². The predicted molar refractivity (Wildman–Crippen MR) is 202 cm³/mol. The fourth-order valence-corrected chi connectivity index (χ4v) is 9.17. The lowest BCUT2D eigenvalue weighted by Gasteiger charge is -2.37. The van der Waals surface area contributed by atoms with E-state index >= 15 is 0 Å². The Morgan fingerprint density at radius 1 is 0.455 bits per heavy atom. The molecule has 0 aromatic heterocycles. The minimum Gasteiger partial charge on any atom is -0.371 e. The largest absolute Gasteiger partial charge is 0.501 e. The maximum atomic E-state index is 6.99. The van der Waals surface area contributed by atoms with E-state index in [4.69, 9.17) is 13.3 Å². The predicted octanol–water partition coefficient (Wildman–Crippen LogP) is 13.8. The Kier molecular flexibility index (Phi) is 32.6. The lowest BCUT2D eigenvalue weighted by Crippen LogP contribution is -2.51. The van der Waals surface area contributed by atoms with Crippen molar-refractivity contribution in [2.24, 2.45) is 0 Å². The molecule has 0 unspecified atom stereocenters. The quantitative estimate of drug-likeness (QED) is 0.0295. The van der Waals surface area contributed by atoms with Crippen molar-refractivity contribution >= 4 is 24.7 Å². The molecule has 5 heteroatoms. The van der Waals surface area contributed by atoms with Crippen molar-refractivity contribution in [3.05, 3.63) is 36.5 Å². The van der Waals surface area contributed by atoms with Gasteiger partial charge in [0.25, 0.3) is 0 Å². The van der Waals surface area contributed by atoms with Crippen LogP contribution in [0.2, 0.25) is 6.04 Å². The number of hydrogen-bond donors (Lipinski definition) is 0.